The zero-order chi connectivity index (χ0) is 18.9. The van der Waals surface area contributed by atoms with E-state index in [-0.39, 0.29) is 11.7 Å². The smallest absolute Gasteiger partial charge is 0.333 e. The van der Waals surface area contributed by atoms with Crippen LogP contribution in [0.1, 0.15) is 42.8 Å². The second-order valence-corrected chi connectivity index (χ2v) is 6.90. The molecule has 2 rings (SSSR count). The largest absolute Gasteiger partial charge is 0.467 e. The number of amides is 1. The number of esters is 1. The summed E-state index contributed by atoms with van der Waals surface area (Å²) < 4.78 is 4.81. The Hall–Kier alpha value is -2.28. The van der Waals surface area contributed by atoms with Crippen LogP contribution in [-0.2, 0) is 20.7 Å². The Morgan fingerprint density at radius 3 is 2.69 bits per heavy atom. The van der Waals surface area contributed by atoms with Crippen molar-refractivity contribution in [1.29, 1.82) is 0 Å². The van der Waals surface area contributed by atoms with Gasteiger partial charge in [-0.1, -0.05) is 55.4 Å². The van der Waals surface area contributed by atoms with Crippen LogP contribution in [0.4, 0.5) is 0 Å². The number of H-pyrrole nitrogens is 1. The number of thioether (sulfide) groups is 1. The molecule has 0 radical (unpaired) electrons. The summed E-state index contributed by atoms with van der Waals surface area (Å²) in [5.41, 5.74) is 2.78. The first-order chi connectivity index (χ1) is 12.5. The Balaban J connectivity index is 1.95. The average molecular weight is 375 g/mol. The molecule has 0 aliphatic carbocycles. The van der Waals surface area contributed by atoms with E-state index in [4.69, 9.17) is 4.74 Å². The van der Waals surface area contributed by atoms with Crippen molar-refractivity contribution in [2.75, 3.05) is 12.9 Å². The molecule has 1 amide bonds. The van der Waals surface area contributed by atoms with Crippen molar-refractivity contribution in [3.05, 3.63) is 47.3 Å². The van der Waals surface area contributed by atoms with Crippen LogP contribution in [0.3, 0.4) is 0 Å². The molecule has 0 aliphatic heterocycles. The Morgan fingerprint density at radius 1 is 1.31 bits per heavy atom. The molecular formula is C19H25N3O3S. The number of aryl methyl sites for hydroxylation is 2. The minimum Gasteiger partial charge on any atom is -0.467 e. The van der Waals surface area contributed by atoms with Gasteiger partial charge in [0, 0.05) is 5.69 Å². The molecule has 0 bridgehead atoms. The predicted octanol–water partition coefficient (Wildman–Crippen LogP) is 3.18. The van der Waals surface area contributed by atoms with Crippen LogP contribution in [0.2, 0.25) is 0 Å². The summed E-state index contributed by atoms with van der Waals surface area (Å²) in [5, 5.41) is 3.45. The fourth-order valence-electron chi connectivity index (χ4n) is 2.50. The van der Waals surface area contributed by atoms with Crippen LogP contribution in [0.15, 0.2) is 35.5 Å². The highest BCUT2D eigenvalue weighted by molar-refractivity contribution is 7.99. The molecule has 0 saturated carbocycles. The number of ether oxygens (including phenoxy) is 1. The Kier molecular flexibility index (Phi) is 7.72. The van der Waals surface area contributed by atoms with Gasteiger partial charge in [0.1, 0.15) is 0 Å². The summed E-state index contributed by atoms with van der Waals surface area (Å²) in [4.78, 5) is 32.1. The van der Waals surface area contributed by atoms with E-state index in [1.54, 1.807) is 12.1 Å². The van der Waals surface area contributed by atoms with E-state index in [0.717, 1.165) is 35.8 Å². The third-order valence-electron chi connectivity index (χ3n) is 3.95. The van der Waals surface area contributed by atoms with Crippen molar-refractivity contribution in [3.63, 3.8) is 0 Å². The summed E-state index contributed by atoms with van der Waals surface area (Å²) in [7, 11) is 1.31. The minimum absolute atomic E-state index is 0.167. The van der Waals surface area contributed by atoms with E-state index in [9.17, 15) is 9.59 Å². The van der Waals surface area contributed by atoms with Crippen molar-refractivity contribution in [3.8, 4) is 0 Å². The zero-order valence-electron chi connectivity index (χ0n) is 15.4. The first-order valence-corrected chi connectivity index (χ1v) is 9.64. The first-order valence-electron chi connectivity index (χ1n) is 8.65. The van der Waals surface area contributed by atoms with Crippen molar-refractivity contribution in [2.24, 2.45) is 0 Å². The molecule has 0 saturated heterocycles. The topological polar surface area (TPSA) is 84.1 Å². The number of carbonyl (C=O) groups is 2. The predicted molar refractivity (Wildman–Crippen MR) is 102 cm³/mol. The lowest BCUT2D eigenvalue weighted by Gasteiger charge is -2.16. The van der Waals surface area contributed by atoms with Crippen LogP contribution < -0.4 is 5.32 Å². The molecule has 140 valence electrons. The van der Waals surface area contributed by atoms with Crippen LogP contribution in [0, 0.1) is 6.92 Å². The average Bonchev–Trinajstić information content (AvgIpc) is 3.02. The van der Waals surface area contributed by atoms with Crippen molar-refractivity contribution >= 4 is 23.6 Å². The van der Waals surface area contributed by atoms with Gasteiger partial charge in [0.05, 0.1) is 18.6 Å². The number of imidazole rings is 1. The molecule has 2 N–H and O–H groups in total. The fourth-order valence-corrected chi connectivity index (χ4v) is 3.25. The summed E-state index contributed by atoms with van der Waals surface area (Å²) in [6.07, 6.45) is 3.14. The molecule has 2 aromatic rings. The van der Waals surface area contributed by atoms with Gasteiger partial charge in [0.2, 0.25) is 5.91 Å². The van der Waals surface area contributed by atoms with E-state index < -0.39 is 12.0 Å². The summed E-state index contributed by atoms with van der Waals surface area (Å²) in [5.74, 6) is -0.579. The lowest BCUT2D eigenvalue weighted by molar-refractivity contribution is -0.145. The van der Waals surface area contributed by atoms with E-state index in [1.165, 1.54) is 18.9 Å². The van der Waals surface area contributed by atoms with Crippen LogP contribution >= 0.6 is 11.8 Å². The van der Waals surface area contributed by atoms with Gasteiger partial charge in [0.25, 0.3) is 0 Å². The zero-order valence-corrected chi connectivity index (χ0v) is 16.2. The van der Waals surface area contributed by atoms with Gasteiger partial charge in [0.15, 0.2) is 11.2 Å². The number of hydrogen-bond donors (Lipinski definition) is 2. The maximum atomic E-state index is 12.3. The molecule has 1 aromatic heterocycles. The molecule has 0 spiro atoms. The molecule has 1 aromatic carbocycles. The number of nitrogens with zero attached hydrogens (tertiary/aromatic N) is 1. The first kappa shape index (κ1) is 20.0. The third-order valence-corrected chi connectivity index (χ3v) is 4.82. The maximum Gasteiger partial charge on any atom is 0.333 e. The SMILES string of the molecule is CCCCc1nc(SCC(=O)N[C@@H](C(=O)OC)c2ccccc2)[nH]c1C. The minimum atomic E-state index is -0.812. The van der Waals surface area contributed by atoms with Crippen molar-refractivity contribution in [1.82, 2.24) is 15.3 Å². The van der Waals surface area contributed by atoms with E-state index in [1.807, 2.05) is 25.1 Å². The summed E-state index contributed by atoms with van der Waals surface area (Å²) >= 11 is 1.32. The maximum absolute atomic E-state index is 12.3. The van der Waals surface area contributed by atoms with Gasteiger partial charge < -0.3 is 15.0 Å². The molecule has 1 atom stereocenters. The molecule has 7 heteroatoms. The fraction of sp³-hybridized carbons (Fsp3) is 0.421. The number of carbonyl (C=O) groups excluding carboxylic acids is 2. The van der Waals surface area contributed by atoms with E-state index in [0.29, 0.717) is 5.56 Å². The van der Waals surface area contributed by atoms with Gasteiger partial charge >= 0.3 is 5.97 Å². The summed E-state index contributed by atoms with van der Waals surface area (Å²) in [6, 6.07) is 8.24. The van der Waals surface area contributed by atoms with Crippen LogP contribution in [0.25, 0.3) is 0 Å². The number of unbranched alkanes of at least 4 members (excludes halogenated alkanes) is 1. The molecular weight excluding hydrogens is 350 g/mol. The molecule has 0 unspecified atom stereocenters. The number of aromatic nitrogens is 2. The number of benzene rings is 1. The second kappa shape index (κ2) is 10.0. The number of methoxy groups -OCH3 is 1. The monoisotopic (exact) mass is 375 g/mol. The van der Waals surface area contributed by atoms with Crippen LogP contribution in [-0.4, -0.2) is 34.7 Å². The lowest BCUT2D eigenvalue weighted by atomic mass is 10.1. The normalized spacial score (nSPS) is 11.8. The van der Waals surface area contributed by atoms with Gasteiger partial charge in [-0.15, -0.1) is 0 Å². The quantitative estimate of drug-likeness (QED) is 0.519. The molecule has 6 nitrogen and oxygen atoms in total. The van der Waals surface area contributed by atoms with Gasteiger partial charge in [-0.05, 0) is 25.3 Å². The number of hydrogen-bond acceptors (Lipinski definition) is 5. The van der Waals surface area contributed by atoms with Crippen molar-refractivity contribution < 1.29 is 14.3 Å². The second-order valence-electron chi connectivity index (χ2n) is 5.94. The molecule has 0 fully saturated rings. The molecule has 0 aliphatic rings. The Morgan fingerprint density at radius 2 is 2.04 bits per heavy atom. The van der Waals surface area contributed by atoms with Gasteiger partial charge in [-0.25, -0.2) is 9.78 Å². The van der Waals surface area contributed by atoms with E-state index in [2.05, 4.69) is 22.2 Å². The Labute approximate surface area is 158 Å². The van der Waals surface area contributed by atoms with Crippen LogP contribution in [0.5, 0.6) is 0 Å². The highest BCUT2D eigenvalue weighted by atomic mass is 32.2. The van der Waals surface area contributed by atoms with Crippen molar-refractivity contribution in [2.45, 2.75) is 44.3 Å². The third kappa shape index (κ3) is 5.62. The number of aromatic amines is 1. The van der Waals surface area contributed by atoms with Gasteiger partial charge in [-0.2, -0.15) is 0 Å². The lowest BCUT2D eigenvalue weighted by Crippen LogP contribution is -2.35. The van der Waals surface area contributed by atoms with Gasteiger partial charge in [-0.3, -0.25) is 4.79 Å². The molecule has 26 heavy (non-hydrogen) atoms. The standard InChI is InChI=1S/C19H25N3O3S/c1-4-5-11-15-13(2)20-19(21-15)26-12-16(23)22-17(18(24)25-3)14-9-7-6-8-10-14/h6-10,17H,4-5,11-12H2,1-3H3,(H,20,21)(H,22,23)/t17-/m1/s1. The van der Waals surface area contributed by atoms with E-state index >= 15 is 0 Å². The highest BCUT2D eigenvalue weighted by Gasteiger charge is 2.23. The highest BCUT2D eigenvalue weighted by Crippen LogP contribution is 2.19. The molecule has 1 heterocycles. The number of nitrogens with one attached hydrogen (secondary N) is 2. The number of rotatable bonds is 9. The Bertz CT molecular complexity index is 731. The summed E-state index contributed by atoms with van der Waals surface area (Å²) in [6.45, 7) is 4.14.